The molecule has 1 aromatic heterocycles. The van der Waals surface area contributed by atoms with Crippen LogP contribution in [0.2, 0.25) is 0 Å². The van der Waals surface area contributed by atoms with E-state index in [0.717, 1.165) is 43.4 Å². The summed E-state index contributed by atoms with van der Waals surface area (Å²) in [6.45, 7) is 5.77. The van der Waals surface area contributed by atoms with Crippen molar-refractivity contribution in [3.05, 3.63) is 17.1 Å². The van der Waals surface area contributed by atoms with Gasteiger partial charge < -0.3 is 10.1 Å². The summed E-state index contributed by atoms with van der Waals surface area (Å²) >= 11 is 0. The second-order valence-electron chi connectivity index (χ2n) is 4.16. The molecular formula is C12H19N3O. The number of hydrogen-bond acceptors (Lipinski definition) is 4. The van der Waals surface area contributed by atoms with Crippen molar-refractivity contribution in [2.45, 2.75) is 32.6 Å². The van der Waals surface area contributed by atoms with E-state index in [9.17, 15) is 0 Å². The number of nitrogens with zero attached hydrogens (tertiary/aromatic N) is 2. The van der Waals surface area contributed by atoms with Crippen LogP contribution in [0.3, 0.4) is 0 Å². The number of rotatable bonds is 3. The maximum Gasteiger partial charge on any atom is 0.136 e. The minimum Gasteiger partial charge on any atom is -0.381 e. The van der Waals surface area contributed by atoms with E-state index >= 15 is 0 Å². The van der Waals surface area contributed by atoms with E-state index in [2.05, 4.69) is 29.1 Å². The Labute approximate surface area is 96.4 Å². The Kier molecular flexibility index (Phi) is 3.39. The summed E-state index contributed by atoms with van der Waals surface area (Å²) < 4.78 is 5.38. The standard InChI is InChI=1S/C12H19N3O/c1-4-10-8(2)14-11(15-12(10)13-3)9-5-6-16-7-9/h9H,4-7H2,1-3H3,(H,13,14,15). The number of aromatic nitrogens is 2. The predicted octanol–water partition coefficient (Wildman–Crippen LogP) is 1.89. The Hall–Kier alpha value is -1.16. The Bertz CT molecular complexity index is 373. The highest BCUT2D eigenvalue weighted by molar-refractivity contribution is 5.46. The molecule has 1 atom stereocenters. The van der Waals surface area contributed by atoms with Crippen molar-refractivity contribution in [1.82, 2.24) is 9.97 Å². The molecule has 16 heavy (non-hydrogen) atoms. The van der Waals surface area contributed by atoms with Crippen molar-refractivity contribution >= 4 is 5.82 Å². The van der Waals surface area contributed by atoms with Gasteiger partial charge in [-0.15, -0.1) is 0 Å². The largest absolute Gasteiger partial charge is 0.381 e. The highest BCUT2D eigenvalue weighted by atomic mass is 16.5. The molecule has 1 fully saturated rings. The first-order chi connectivity index (χ1) is 7.76. The van der Waals surface area contributed by atoms with Gasteiger partial charge in [-0.3, -0.25) is 0 Å². The first-order valence-corrected chi connectivity index (χ1v) is 5.89. The van der Waals surface area contributed by atoms with Gasteiger partial charge in [0.1, 0.15) is 11.6 Å². The van der Waals surface area contributed by atoms with Gasteiger partial charge >= 0.3 is 0 Å². The van der Waals surface area contributed by atoms with Gasteiger partial charge in [-0.05, 0) is 19.8 Å². The molecule has 1 aliphatic rings. The number of nitrogens with one attached hydrogen (secondary N) is 1. The zero-order valence-electron chi connectivity index (χ0n) is 10.2. The Morgan fingerprint density at radius 2 is 2.25 bits per heavy atom. The third kappa shape index (κ3) is 2.02. The van der Waals surface area contributed by atoms with Crippen molar-refractivity contribution in [2.75, 3.05) is 25.6 Å². The van der Waals surface area contributed by atoms with Crippen molar-refractivity contribution < 1.29 is 4.74 Å². The van der Waals surface area contributed by atoms with E-state index in [-0.39, 0.29) is 0 Å². The minimum absolute atomic E-state index is 0.372. The number of hydrogen-bond donors (Lipinski definition) is 1. The van der Waals surface area contributed by atoms with Crippen LogP contribution in [0.15, 0.2) is 0 Å². The van der Waals surface area contributed by atoms with Crippen LogP contribution in [-0.4, -0.2) is 30.2 Å². The number of aryl methyl sites for hydroxylation is 1. The molecule has 0 bridgehead atoms. The highest BCUT2D eigenvalue weighted by Crippen LogP contribution is 2.25. The molecule has 88 valence electrons. The maximum atomic E-state index is 5.38. The lowest BCUT2D eigenvalue weighted by Crippen LogP contribution is -2.11. The average Bonchev–Trinajstić information content (AvgIpc) is 2.81. The molecule has 2 heterocycles. The molecule has 1 saturated heterocycles. The Morgan fingerprint density at radius 3 is 2.81 bits per heavy atom. The summed E-state index contributed by atoms with van der Waals surface area (Å²) in [7, 11) is 1.91. The van der Waals surface area contributed by atoms with E-state index in [1.165, 1.54) is 5.56 Å². The molecule has 0 radical (unpaired) electrons. The van der Waals surface area contributed by atoms with Gasteiger partial charge in [-0.25, -0.2) is 9.97 Å². The highest BCUT2D eigenvalue weighted by Gasteiger charge is 2.22. The molecule has 1 unspecified atom stereocenters. The molecule has 0 aliphatic carbocycles. The summed E-state index contributed by atoms with van der Waals surface area (Å²) in [4.78, 5) is 9.21. The van der Waals surface area contributed by atoms with Crippen molar-refractivity contribution in [2.24, 2.45) is 0 Å². The van der Waals surface area contributed by atoms with Crippen LogP contribution in [0, 0.1) is 6.92 Å². The van der Waals surface area contributed by atoms with Crippen molar-refractivity contribution in [1.29, 1.82) is 0 Å². The van der Waals surface area contributed by atoms with E-state index < -0.39 is 0 Å². The van der Waals surface area contributed by atoms with Gasteiger partial charge in [-0.2, -0.15) is 0 Å². The molecule has 2 rings (SSSR count). The molecule has 0 saturated carbocycles. The van der Waals surface area contributed by atoms with Gasteiger partial charge in [0.05, 0.1) is 6.61 Å². The third-order valence-electron chi connectivity index (χ3n) is 3.12. The maximum absolute atomic E-state index is 5.38. The van der Waals surface area contributed by atoms with Gasteiger partial charge in [0, 0.05) is 30.8 Å². The van der Waals surface area contributed by atoms with Gasteiger partial charge in [0.2, 0.25) is 0 Å². The van der Waals surface area contributed by atoms with E-state index in [1.807, 2.05) is 7.05 Å². The zero-order chi connectivity index (χ0) is 11.5. The summed E-state index contributed by atoms with van der Waals surface area (Å²) in [5.41, 5.74) is 2.30. The lowest BCUT2D eigenvalue weighted by atomic mass is 10.1. The minimum atomic E-state index is 0.372. The fourth-order valence-electron chi connectivity index (χ4n) is 2.17. The zero-order valence-corrected chi connectivity index (χ0v) is 10.2. The molecular weight excluding hydrogens is 202 g/mol. The Balaban J connectivity index is 2.36. The van der Waals surface area contributed by atoms with Gasteiger partial charge in [0.15, 0.2) is 0 Å². The Morgan fingerprint density at radius 1 is 1.44 bits per heavy atom. The van der Waals surface area contributed by atoms with Gasteiger partial charge in [0.25, 0.3) is 0 Å². The van der Waals surface area contributed by atoms with Crippen molar-refractivity contribution in [3.63, 3.8) is 0 Å². The molecule has 4 heteroatoms. The lowest BCUT2D eigenvalue weighted by Gasteiger charge is -2.13. The second kappa shape index (κ2) is 4.78. The fourth-order valence-corrected chi connectivity index (χ4v) is 2.17. The molecule has 1 aromatic rings. The predicted molar refractivity (Wildman–Crippen MR) is 63.9 cm³/mol. The average molecular weight is 221 g/mol. The molecule has 1 aliphatic heterocycles. The third-order valence-corrected chi connectivity index (χ3v) is 3.12. The summed E-state index contributed by atoms with van der Waals surface area (Å²) in [6.07, 6.45) is 2.00. The fraction of sp³-hybridized carbons (Fsp3) is 0.667. The van der Waals surface area contributed by atoms with Gasteiger partial charge in [-0.1, -0.05) is 6.92 Å². The smallest absolute Gasteiger partial charge is 0.136 e. The normalized spacial score (nSPS) is 20.1. The SMILES string of the molecule is CCc1c(C)nc(C2CCOC2)nc1NC. The quantitative estimate of drug-likeness (QED) is 0.846. The summed E-state index contributed by atoms with van der Waals surface area (Å²) in [5, 5.41) is 3.16. The van der Waals surface area contributed by atoms with Crippen LogP contribution in [0.25, 0.3) is 0 Å². The van der Waals surface area contributed by atoms with Crippen LogP contribution < -0.4 is 5.32 Å². The van der Waals surface area contributed by atoms with E-state index in [0.29, 0.717) is 5.92 Å². The molecule has 0 spiro atoms. The van der Waals surface area contributed by atoms with Crippen LogP contribution in [0.1, 0.15) is 36.3 Å². The van der Waals surface area contributed by atoms with Crippen LogP contribution in [-0.2, 0) is 11.2 Å². The summed E-state index contributed by atoms with van der Waals surface area (Å²) in [6, 6.07) is 0. The molecule has 1 N–H and O–H groups in total. The van der Waals surface area contributed by atoms with Crippen LogP contribution in [0.4, 0.5) is 5.82 Å². The first kappa shape index (κ1) is 11.3. The second-order valence-corrected chi connectivity index (χ2v) is 4.16. The van der Waals surface area contributed by atoms with Crippen molar-refractivity contribution in [3.8, 4) is 0 Å². The topological polar surface area (TPSA) is 47.0 Å². The summed E-state index contributed by atoms with van der Waals surface area (Å²) in [5.74, 6) is 2.27. The van der Waals surface area contributed by atoms with E-state index in [1.54, 1.807) is 0 Å². The van der Waals surface area contributed by atoms with Crippen LogP contribution in [0.5, 0.6) is 0 Å². The lowest BCUT2D eigenvalue weighted by molar-refractivity contribution is 0.193. The van der Waals surface area contributed by atoms with E-state index in [4.69, 9.17) is 4.74 Å². The van der Waals surface area contributed by atoms with Crippen LogP contribution >= 0.6 is 0 Å². The molecule has 0 aromatic carbocycles. The molecule has 4 nitrogen and oxygen atoms in total. The molecule has 0 amide bonds. The number of anilines is 1. The first-order valence-electron chi connectivity index (χ1n) is 5.89. The number of ether oxygens (including phenoxy) is 1. The monoisotopic (exact) mass is 221 g/mol.